The van der Waals surface area contributed by atoms with Crippen LogP contribution in [0.2, 0.25) is 0 Å². The lowest BCUT2D eigenvalue weighted by atomic mass is 10.0. The lowest BCUT2D eigenvalue weighted by Gasteiger charge is -2.32. The molecule has 0 bridgehead atoms. The maximum atomic E-state index is 12.0. The number of carbonyl (C=O) groups is 1. The van der Waals surface area contributed by atoms with Crippen molar-refractivity contribution in [3.8, 4) is 5.75 Å². The van der Waals surface area contributed by atoms with Crippen LogP contribution in [0.5, 0.6) is 5.75 Å². The molecule has 8 heteroatoms. The highest BCUT2D eigenvalue weighted by atomic mass is 16.5. The second-order valence-corrected chi connectivity index (χ2v) is 6.40. The summed E-state index contributed by atoms with van der Waals surface area (Å²) >= 11 is 0. The molecule has 1 saturated heterocycles. The van der Waals surface area contributed by atoms with Crippen molar-refractivity contribution in [3.05, 3.63) is 41.1 Å². The first-order chi connectivity index (χ1) is 13.0. The van der Waals surface area contributed by atoms with Gasteiger partial charge in [0.05, 0.1) is 19.8 Å². The summed E-state index contributed by atoms with van der Waals surface area (Å²) in [6.07, 6.45) is 0.873. The largest absolute Gasteiger partial charge is 0.496 e. The molecule has 0 unspecified atom stereocenters. The number of rotatable bonds is 4. The summed E-state index contributed by atoms with van der Waals surface area (Å²) in [5, 5.41) is 2.63. The maximum absolute atomic E-state index is 12.0. The molecule has 0 spiro atoms. The summed E-state index contributed by atoms with van der Waals surface area (Å²) in [4.78, 5) is 22.7. The quantitative estimate of drug-likeness (QED) is 0.843. The smallest absolute Gasteiger partial charge is 0.251 e. The Balaban J connectivity index is 2.04. The number of nitrogen functional groups attached to an aromatic ring is 1. The van der Waals surface area contributed by atoms with Gasteiger partial charge in [0, 0.05) is 43.1 Å². The number of hydrogen-bond acceptors (Lipinski definition) is 7. The van der Waals surface area contributed by atoms with E-state index in [0.717, 1.165) is 30.0 Å². The summed E-state index contributed by atoms with van der Waals surface area (Å²) in [6.45, 7) is 3.81. The Kier molecular flexibility index (Phi) is 5.75. The second kappa shape index (κ2) is 8.22. The van der Waals surface area contributed by atoms with Crippen LogP contribution in [0.25, 0.3) is 0 Å². The maximum Gasteiger partial charge on any atom is 0.251 e. The number of benzene rings is 1. The summed E-state index contributed by atoms with van der Waals surface area (Å²) < 4.78 is 11.4. The molecule has 1 aromatic carbocycles. The van der Waals surface area contributed by atoms with E-state index >= 15 is 0 Å². The molecule has 27 heavy (non-hydrogen) atoms. The Bertz CT molecular complexity index is 807. The standard InChI is InChI=1S/C19H25N5O3/c1-12-9-17(23-19(20)22-12)24-7-4-8-27-11-15(24)14-6-5-13(18(25)21-2)10-16(14)26-3/h5-6,9-10,15H,4,7-8,11H2,1-3H3,(H,21,25)(H2,20,22,23)/t15-/m0/s1. The van der Waals surface area contributed by atoms with Crippen LogP contribution in [0, 0.1) is 6.92 Å². The first-order valence-corrected chi connectivity index (χ1v) is 8.89. The van der Waals surface area contributed by atoms with Gasteiger partial charge in [-0.2, -0.15) is 4.98 Å². The fourth-order valence-electron chi connectivity index (χ4n) is 3.30. The predicted octanol–water partition coefficient (Wildman–Crippen LogP) is 1.70. The lowest BCUT2D eigenvalue weighted by Crippen LogP contribution is -2.32. The van der Waals surface area contributed by atoms with Crippen LogP contribution in [-0.2, 0) is 4.74 Å². The van der Waals surface area contributed by atoms with Crippen LogP contribution in [0.1, 0.15) is 34.1 Å². The minimum atomic E-state index is -0.159. The summed E-state index contributed by atoms with van der Waals surface area (Å²) in [6, 6.07) is 7.25. The molecular weight excluding hydrogens is 346 g/mol. The molecule has 0 radical (unpaired) electrons. The number of nitrogens with one attached hydrogen (secondary N) is 1. The van der Waals surface area contributed by atoms with Gasteiger partial charge in [0.15, 0.2) is 0 Å². The van der Waals surface area contributed by atoms with E-state index in [4.69, 9.17) is 15.2 Å². The SMILES string of the molecule is CNC(=O)c1ccc([C@@H]2COCCCN2c2cc(C)nc(N)n2)c(OC)c1. The second-order valence-electron chi connectivity index (χ2n) is 6.40. The molecule has 2 aromatic rings. The molecule has 0 aliphatic carbocycles. The number of anilines is 2. The third-order valence-electron chi connectivity index (χ3n) is 4.57. The molecule has 0 saturated carbocycles. The van der Waals surface area contributed by atoms with Crippen molar-refractivity contribution in [1.29, 1.82) is 0 Å². The number of nitrogens with zero attached hydrogens (tertiary/aromatic N) is 3. The predicted molar refractivity (Wildman–Crippen MR) is 103 cm³/mol. The summed E-state index contributed by atoms with van der Waals surface area (Å²) in [5.41, 5.74) is 8.15. The number of methoxy groups -OCH3 is 1. The zero-order valence-corrected chi connectivity index (χ0v) is 15.9. The third kappa shape index (κ3) is 4.11. The van der Waals surface area contributed by atoms with Crippen LogP contribution >= 0.6 is 0 Å². The van der Waals surface area contributed by atoms with Crippen molar-refractivity contribution in [1.82, 2.24) is 15.3 Å². The number of aryl methyl sites for hydroxylation is 1. The topological polar surface area (TPSA) is 103 Å². The highest BCUT2D eigenvalue weighted by molar-refractivity contribution is 5.94. The van der Waals surface area contributed by atoms with Crippen LogP contribution in [0.15, 0.2) is 24.3 Å². The van der Waals surface area contributed by atoms with Gasteiger partial charge in [-0.1, -0.05) is 6.07 Å². The Morgan fingerprint density at radius 1 is 1.37 bits per heavy atom. The van der Waals surface area contributed by atoms with E-state index in [2.05, 4.69) is 20.2 Å². The molecule has 8 nitrogen and oxygen atoms in total. The zero-order chi connectivity index (χ0) is 19.4. The number of carbonyl (C=O) groups excluding carboxylic acids is 1. The van der Waals surface area contributed by atoms with Gasteiger partial charge in [0.1, 0.15) is 11.6 Å². The molecule has 1 fully saturated rings. The molecular formula is C19H25N5O3. The van der Waals surface area contributed by atoms with E-state index in [1.165, 1.54) is 0 Å². The van der Waals surface area contributed by atoms with Gasteiger partial charge in [-0.05, 0) is 25.5 Å². The number of aromatic nitrogens is 2. The van der Waals surface area contributed by atoms with Gasteiger partial charge in [-0.3, -0.25) is 4.79 Å². The molecule has 3 rings (SSSR count). The third-order valence-corrected chi connectivity index (χ3v) is 4.57. The molecule has 1 aliphatic heterocycles. The van der Waals surface area contributed by atoms with Crippen molar-refractivity contribution < 1.29 is 14.3 Å². The van der Waals surface area contributed by atoms with Gasteiger partial charge >= 0.3 is 0 Å². The van der Waals surface area contributed by atoms with E-state index < -0.39 is 0 Å². The van der Waals surface area contributed by atoms with Crippen molar-refractivity contribution in [2.45, 2.75) is 19.4 Å². The summed E-state index contributed by atoms with van der Waals surface area (Å²) in [5.74, 6) is 1.48. The normalized spacial score (nSPS) is 17.3. The van der Waals surface area contributed by atoms with Gasteiger partial charge < -0.3 is 25.4 Å². The highest BCUT2D eigenvalue weighted by Gasteiger charge is 2.28. The number of ether oxygens (including phenoxy) is 2. The fraction of sp³-hybridized carbons (Fsp3) is 0.421. The molecule has 3 N–H and O–H groups in total. The Hall–Kier alpha value is -2.87. The molecule has 2 heterocycles. The highest BCUT2D eigenvalue weighted by Crippen LogP contribution is 2.34. The minimum Gasteiger partial charge on any atom is -0.496 e. The van der Waals surface area contributed by atoms with Crippen LogP contribution < -0.4 is 20.7 Å². The van der Waals surface area contributed by atoms with Crippen molar-refractivity contribution in [3.63, 3.8) is 0 Å². The fourth-order valence-corrected chi connectivity index (χ4v) is 3.30. The van der Waals surface area contributed by atoms with E-state index in [9.17, 15) is 4.79 Å². The number of nitrogens with two attached hydrogens (primary N) is 1. The zero-order valence-electron chi connectivity index (χ0n) is 15.9. The minimum absolute atomic E-state index is 0.116. The van der Waals surface area contributed by atoms with Crippen molar-refractivity contribution >= 4 is 17.7 Å². The molecule has 1 aliphatic rings. The Morgan fingerprint density at radius 2 is 2.19 bits per heavy atom. The van der Waals surface area contributed by atoms with Crippen LogP contribution in [0.3, 0.4) is 0 Å². The Morgan fingerprint density at radius 3 is 2.89 bits per heavy atom. The van der Waals surface area contributed by atoms with E-state index in [-0.39, 0.29) is 17.9 Å². The molecule has 1 aromatic heterocycles. The van der Waals surface area contributed by atoms with E-state index in [1.807, 2.05) is 19.1 Å². The molecule has 1 atom stereocenters. The first kappa shape index (κ1) is 18.9. The van der Waals surface area contributed by atoms with Crippen molar-refractivity contribution in [2.24, 2.45) is 0 Å². The summed E-state index contributed by atoms with van der Waals surface area (Å²) in [7, 11) is 3.20. The van der Waals surface area contributed by atoms with Gasteiger partial charge in [-0.25, -0.2) is 4.98 Å². The van der Waals surface area contributed by atoms with E-state index in [1.54, 1.807) is 26.3 Å². The van der Waals surface area contributed by atoms with Crippen molar-refractivity contribution in [2.75, 3.05) is 44.5 Å². The van der Waals surface area contributed by atoms with Gasteiger partial charge in [-0.15, -0.1) is 0 Å². The van der Waals surface area contributed by atoms with Gasteiger partial charge in [0.25, 0.3) is 5.91 Å². The average molecular weight is 371 g/mol. The Labute approximate surface area is 158 Å². The average Bonchev–Trinajstić information content (AvgIpc) is 2.92. The number of hydrogen-bond donors (Lipinski definition) is 2. The van der Waals surface area contributed by atoms with Crippen LogP contribution in [-0.4, -0.2) is 49.8 Å². The van der Waals surface area contributed by atoms with Gasteiger partial charge in [0.2, 0.25) is 5.95 Å². The first-order valence-electron chi connectivity index (χ1n) is 8.89. The number of amides is 1. The molecule has 1 amide bonds. The lowest BCUT2D eigenvalue weighted by molar-refractivity contribution is 0.0962. The van der Waals surface area contributed by atoms with Crippen LogP contribution in [0.4, 0.5) is 11.8 Å². The molecule has 144 valence electrons. The monoisotopic (exact) mass is 371 g/mol. The van der Waals surface area contributed by atoms with E-state index in [0.29, 0.717) is 24.5 Å².